The molecule has 1 atom stereocenters. The molecule has 0 aliphatic rings. The molecule has 5 heteroatoms. The van der Waals surface area contributed by atoms with Crippen molar-refractivity contribution in [1.29, 1.82) is 0 Å². The van der Waals surface area contributed by atoms with Crippen LogP contribution in [0.3, 0.4) is 0 Å². The zero-order valence-corrected chi connectivity index (χ0v) is 61.0. The van der Waals surface area contributed by atoms with Crippen LogP contribution in [-0.4, -0.2) is 36.4 Å². The maximum atomic E-state index is 12.4. The molecule has 0 amide bonds. The van der Waals surface area contributed by atoms with Gasteiger partial charge < -0.3 is 14.6 Å². The highest BCUT2D eigenvalue weighted by Crippen LogP contribution is 2.21. The van der Waals surface area contributed by atoms with Crippen LogP contribution in [0.15, 0.2) is 24.3 Å². The molecule has 0 fully saturated rings. The zero-order chi connectivity index (χ0) is 64.0. The highest BCUT2D eigenvalue weighted by molar-refractivity contribution is 5.70. The Morgan fingerprint density at radius 3 is 0.663 bits per heavy atom. The van der Waals surface area contributed by atoms with Crippen LogP contribution in [0.2, 0.25) is 0 Å². The molecule has 528 valence electrons. The van der Waals surface area contributed by atoms with Crippen LogP contribution in [0.5, 0.6) is 0 Å². The average molecular weight is 1250 g/mol. The first-order valence-electron chi connectivity index (χ1n) is 41.4. The first-order chi connectivity index (χ1) is 44.1. The normalized spacial score (nSPS) is 12.2. The van der Waals surface area contributed by atoms with Gasteiger partial charge in [0, 0.05) is 12.8 Å². The van der Waals surface area contributed by atoms with Crippen molar-refractivity contribution in [2.75, 3.05) is 13.2 Å². The molecule has 89 heavy (non-hydrogen) atoms. The number of ether oxygens (including phenoxy) is 2. The second-order valence-electron chi connectivity index (χ2n) is 28.6. The van der Waals surface area contributed by atoms with E-state index in [1.807, 2.05) is 0 Å². The molecule has 5 nitrogen and oxygen atoms in total. The summed E-state index contributed by atoms with van der Waals surface area (Å²) < 4.78 is 10.8. The summed E-state index contributed by atoms with van der Waals surface area (Å²) >= 11 is 0. The summed E-state index contributed by atoms with van der Waals surface area (Å²) in [6, 6.07) is 0. The van der Waals surface area contributed by atoms with Crippen molar-refractivity contribution in [3.05, 3.63) is 24.3 Å². The lowest BCUT2D eigenvalue weighted by atomic mass is 10.0. The standard InChI is InChI=1S/C84H162O5/c1-3-5-7-9-11-13-15-17-19-21-23-25-27-29-31-33-35-37-39-40-41-42-43-44-45-47-49-51-53-55-57-59-61-63-65-67-69-71-73-75-77-79-84(87)89-82(80-85)81-88-83(86)78-76-74-72-70-68-66-64-62-60-58-56-54-52-50-48-46-38-36-34-32-30-28-26-24-22-20-18-16-14-12-10-8-6-4-2/h15,17,21,23,82,85H,3-14,16,18-20,22,24-81H2,1-2H3/b17-15-,23-21-. The van der Waals surface area contributed by atoms with Gasteiger partial charge in [-0.25, -0.2) is 0 Å². The molecule has 0 rings (SSSR count). The van der Waals surface area contributed by atoms with E-state index in [1.54, 1.807) is 0 Å². The molecule has 0 heterocycles. The van der Waals surface area contributed by atoms with E-state index in [1.165, 1.54) is 417 Å². The molecule has 0 aliphatic heterocycles. The number of aliphatic hydroxyl groups excluding tert-OH is 1. The molecule has 0 aromatic heterocycles. The molecule has 0 bridgehead atoms. The third kappa shape index (κ3) is 78.7. The van der Waals surface area contributed by atoms with Crippen LogP contribution in [0.4, 0.5) is 0 Å². The molecule has 0 aromatic carbocycles. The Labute approximate surface area is 559 Å². The summed E-state index contributed by atoms with van der Waals surface area (Å²) in [5.41, 5.74) is 0. The second-order valence-corrected chi connectivity index (χ2v) is 28.6. The van der Waals surface area contributed by atoms with Gasteiger partial charge in [-0.05, 0) is 44.9 Å². The molecule has 0 aromatic rings. The first-order valence-corrected chi connectivity index (χ1v) is 41.4. The van der Waals surface area contributed by atoms with Crippen LogP contribution >= 0.6 is 0 Å². The Hall–Kier alpha value is -1.62. The lowest BCUT2D eigenvalue weighted by Gasteiger charge is -2.15. The van der Waals surface area contributed by atoms with Gasteiger partial charge >= 0.3 is 11.9 Å². The van der Waals surface area contributed by atoms with Gasteiger partial charge in [0.15, 0.2) is 6.10 Å². The Kier molecular flexibility index (Phi) is 79.1. The topological polar surface area (TPSA) is 72.8 Å². The minimum atomic E-state index is -0.768. The molecule has 1 N–H and O–H groups in total. The highest BCUT2D eigenvalue weighted by Gasteiger charge is 2.16. The van der Waals surface area contributed by atoms with Crippen molar-refractivity contribution in [2.45, 2.75) is 489 Å². The van der Waals surface area contributed by atoms with E-state index >= 15 is 0 Å². The molecule has 0 saturated carbocycles. The van der Waals surface area contributed by atoms with Gasteiger partial charge in [0.2, 0.25) is 0 Å². The van der Waals surface area contributed by atoms with Crippen molar-refractivity contribution in [3.8, 4) is 0 Å². The number of esters is 2. The lowest BCUT2D eigenvalue weighted by Crippen LogP contribution is -2.28. The van der Waals surface area contributed by atoms with Crippen molar-refractivity contribution in [1.82, 2.24) is 0 Å². The van der Waals surface area contributed by atoms with Crippen LogP contribution in [0, 0.1) is 0 Å². The number of hydrogen-bond donors (Lipinski definition) is 1. The quantitative estimate of drug-likeness (QED) is 0.0373. The highest BCUT2D eigenvalue weighted by atomic mass is 16.6. The maximum Gasteiger partial charge on any atom is 0.306 e. The largest absolute Gasteiger partial charge is 0.462 e. The smallest absolute Gasteiger partial charge is 0.306 e. The molecule has 1 unspecified atom stereocenters. The van der Waals surface area contributed by atoms with E-state index in [2.05, 4.69) is 38.2 Å². The second kappa shape index (κ2) is 80.6. The van der Waals surface area contributed by atoms with Gasteiger partial charge in [0.05, 0.1) is 6.61 Å². The summed E-state index contributed by atoms with van der Waals surface area (Å²) in [7, 11) is 0. The number of allylic oxidation sites excluding steroid dienone is 4. The zero-order valence-electron chi connectivity index (χ0n) is 61.0. The summed E-state index contributed by atoms with van der Waals surface area (Å²) in [6.07, 6.45) is 107. The van der Waals surface area contributed by atoms with Crippen LogP contribution < -0.4 is 0 Å². The van der Waals surface area contributed by atoms with E-state index < -0.39 is 6.10 Å². The number of carbonyl (C=O) groups excluding carboxylic acids is 2. The van der Waals surface area contributed by atoms with Gasteiger partial charge in [0.25, 0.3) is 0 Å². The molecular weight excluding hydrogens is 1090 g/mol. The Bertz CT molecular complexity index is 1370. The van der Waals surface area contributed by atoms with E-state index in [0.29, 0.717) is 12.8 Å². The fraction of sp³-hybridized carbons (Fsp3) is 0.929. The molecule has 0 saturated heterocycles. The number of aliphatic hydroxyl groups is 1. The number of rotatable bonds is 79. The minimum Gasteiger partial charge on any atom is -0.462 e. The van der Waals surface area contributed by atoms with Crippen LogP contribution in [0.25, 0.3) is 0 Å². The monoisotopic (exact) mass is 1250 g/mol. The van der Waals surface area contributed by atoms with E-state index in [0.717, 1.165) is 38.5 Å². The van der Waals surface area contributed by atoms with Gasteiger partial charge in [-0.2, -0.15) is 0 Å². The van der Waals surface area contributed by atoms with Gasteiger partial charge in [-0.1, -0.05) is 449 Å². The Balaban J connectivity index is 3.33. The van der Waals surface area contributed by atoms with Crippen molar-refractivity contribution in [3.63, 3.8) is 0 Å². The number of carbonyl (C=O) groups is 2. The number of unbranched alkanes of at least 4 members (excludes halogenated alkanes) is 67. The maximum absolute atomic E-state index is 12.4. The molecule has 0 radical (unpaired) electrons. The third-order valence-corrected chi connectivity index (χ3v) is 19.5. The fourth-order valence-electron chi connectivity index (χ4n) is 13.3. The predicted octanol–water partition coefficient (Wildman–Crippen LogP) is 29.1. The van der Waals surface area contributed by atoms with Crippen molar-refractivity contribution in [2.24, 2.45) is 0 Å². The van der Waals surface area contributed by atoms with E-state index in [9.17, 15) is 14.7 Å². The van der Waals surface area contributed by atoms with E-state index in [-0.39, 0.29) is 25.2 Å². The van der Waals surface area contributed by atoms with Gasteiger partial charge in [-0.3, -0.25) is 9.59 Å². The molecular formula is C84H162O5. The average Bonchev–Trinajstić information content (AvgIpc) is 3.55. The third-order valence-electron chi connectivity index (χ3n) is 19.5. The summed E-state index contributed by atoms with van der Waals surface area (Å²) in [6.45, 7) is 4.21. The molecule has 0 spiro atoms. The molecule has 0 aliphatic carbocycles. The lowest BCUT2D eigenvalue weighted by molar-refractivity contribution is -0.161. The summed E-state index contributed by atoms with van der Waals surface area (Å²) in [5.74, 6) is -0.558. The summed E-state index contributed by atoms with van der Waals surface area (Å²) in [5, 5.41) is 9.73. The number of hydrogen-bond acceptors (Lipinski definition) is 5. The summed E-state index contributed by atoms with van der Waals surface area (Å²) in [4.78, 5) is 24.7. The Morgan fingerprint density at radius 1 is 0.258 bits per heavy atom. The predicted molar refractivity (Wildman–Crippen MR) is 395 cm³/mol. The Morgan fingerprint density at radius 2 is 0.449 bits per heavy atom. The SMILES string of the molecule is CCCCCCC/C=C\C/C=C\CCCCCCCCCCCCCCCCCCCCCCCCCCCCCCCC(=O)OC(CO)COC(=O)CCCCCCCCCCCCCCCCCCCCCCCCCCCCCCCCCCCC. The van der Waals surface area contributed by atoms with Crippen LogP contribution in [-0.2, 0) is 19.1 Å². The van der Waals surface area contributed by atoms with Gasteiger partial charge in [-0.15, -0.1) is 0 Å². The van der Waals surface area contributed by atoms with Crippen molar-refractivity contribution >= 4 is 11.9 Å². The minimum absolute atomic E-state index is 0.0564. The van der Waals surface area contributed by atoms with Gasteiger partial charge in [0.1, 0.15) is 6.61 Å². The van der Waals surface area contributed by atoms with Crippen LogP contribution in [0.1, 0.15) is 483 Å². The first kappa shape index (κ1) is 87.4. The fourth-order valence-corrected chi connectivity index (χ4v) is 13.3. The van der Waals surface area contributed by atoms with Crippen molar-refractivity contribution < 1.29 is 24.2 Å². The van der Waals surface area contributed by atoms with E-state index in [4.69, 9.17) is 9.47 Å².